The fraction of sp³-hybridized carbons (Fsp3) is 1.00. The van der Waals surface area contributed by atoms with Crippen molar-refractivity contribution in [1.82, 2.24) is 0 Å². The number of nitrogens with two attached hydrogens (primary N) is 1. The molecular formula is C12H22F3NO2S. The lowest BCUT2D eigenvalue weighted by atomic mass is 9.74. The van der Waals surface area contributed by atoms with Gasteiger partial charge in [0.15, 0.2) is 0 Å². The van der Waals surface area contributed by atoms with Gasteiger partial charge >= 0.3 is 6.18 Å². The first-order valence-corrected chi connectivity index (χ1v) is 8.67. The van der Waals surface area contributed by atoms with Gasteiger partial charge in [0.2, 0.25) is 0 Å². The van der Waals surface area contributed by atoms with Crippen LogP contribution in [0.25, 0.3) is 0 Å². The molecule has 0 aromatic rings. The Labute approximate surface area is 112 Å². The number of rotatable bonds is 5. The van der Waals surface area contributed by atoms with Gasteiger partial charge in [-0.3, -0.25) is 0 Å². The van der Waals surface area contributed by atoms with Crippen molar-refractivity contribution >= 4 is 9.84 Å². The highest BCUT2D eigenvalue weighted by Crippen LogP contribution is 2.43. The number of hydrogen-bond acceptors (Lipinski definition) is 3. The van der Waals surface area contributed by atoms with Crippen LogP contribution in [0, 0.1) is 11.8 Å². The molecule has 2 N–H and O–H groups in total. The van der Waals surface area contributed by atoms with E-state index >= 15 is 0 Å². The van der Waals surface area contributed by atoms with Crippen molar-refractivity contribution in [2.75, 3.05) is 12.0 Å². The van der Waals surface area contributed by atoms with Gasteiger partial charge in [0.1, 0.15) is 9.84 Å². The molecule has 1 rings (SSSR count). The second-order valence-electron chi connectivity index (χ2n) is 5.53. The molecule has 7 heteroatoms. The molecule has 3 unspecified atom stereocenters. The SMILES string of the molecule is CS(=O)(=O)CCCC(N)C1CCCCC1C(F)(F)F. The van der Waals surface area contributed by atoms with Gasteiger partial charge in [-0.1, -0.05) is 12.8 Å². The Balaban J connectivity index is 2.55. The van der Waals surface area contributed by atoms with Crippen molar-refractivity contribution < 1.29 is 21.6 Å². The van der Waals surface area contributed by atoms with E-state index in [9.17, 15) is 21.6 Å². The third kappa shape index (κ3) is 5.69. The number of sulfone groups is 1. The van der Waals surface area contributed by atoms with Gasteiger partial charge in [0.25, 0.3) is 0 Å². The van der Waals surface area contributed by atoms with Crippen LogP contribution >= 0.6 is 0 Å². The molecule has 1 saturated carbocycles. The fourth-order valence-electron chi connectivity index (χ4n) is 2.87. The molecule has 0 radical (unpaired) electrons. The maximum Gasteiger partial charge on any atom is 0.392 e. The minimum atomic E-state index is -4.19. The van der Waals surface area contributed by atoms with Crippen LogP contribution in [0.2, 0.25) is 0 Å². The molecule has 0 aliphatic heterocycles. The Kier molecular flexibility index (Phi) is 5.67. The standard InChI is InChI=1S/C12H22F3NO2S/c1-19(17,18)8-4-7-11(16)9-5-2-3-6-10(9)12(13,14)15/h9-11H,2-8,16H2,1H3. The lowest BCUT2D eigenvalue weighted by Crippen LogP contribution is -2.43. The largest absolute Gasteiger partial charge is 0.392 e. The quantitative estimate of drug-likeness (QED) is 0.848. The number of halogens is 3. The molecular weight excluding hydrogens is 279 g/mol. The zero-order valence-corrected chi connectivity index (χ0v) is 11.9. The molecule has 19 heavy (non-hydrogen) atoms. The minimum Gasteiger partial charge on any atom is -0.327 e. The maximum absolute atomic E-state index is 12.9. The summed E-state index contributed by atoms with van der Waals surface area (Å²) in [6.45, 7) is 0. The topological polar surface area (TPSA) is 60.2 Å². The first-order valence-electron chi connectivity index (χ1n) is 6.61. The second kappa shape index (κ2) is 6.43. The number of hydrogen-bond donors (Lipinski definition) is 1. The van der Waals surface area contributed by atoms with E-state index in [0.717, 1.165) is 12.7 Å². The molecule has 1 aliphatic carbocycles. The summed E-state index contributed by atoms with van der Waals surface area (Å²) in [7, 11) is -3.07. The van der Waals surface area contributed by atoms with Crippen molar-refractivity contribution in [2.24, 2.45) is 17.6 Å². The summed E-state index contributed by atoms with van der Waals surface area (Å²) in [6.07, 6.45) is -0.394. The summed E-state index contributed by atoms with van der Waals surface area (Å²) < 4.78 is 60.7. The van der Waals surface area contributed by atoms with Crippen LogP contribution in [0.15, 0.2) is 0 Å². The molecule has 1 fully saturated rings. The van der Waals surface area contributed by atoms with Crippen LogP contribution in [0.3, 0.4) is 0 Å². The summed E-state index contributed by atoms with van der Waals surface area (Å²) >= 11 is 0. The van der Waals surface area contributed by atoms with Gasteiger partial charge in [-0.05, 0) is 31.6 Å². The van der Waals surface area contributed by atoms with E-state index in [1.165, 1.54) is 0 Å². The highest BCUT2D eigenvalue weighted by atomic mass is 32.2. The molecule has 0 spiro atoms. The fourth-order valence-corrected chi connectivity index (χ4v) is 3.56. The first-order chi connectivity index (χ1) is 8.61. The number of alkyl halides is 3. The molecule has 0 aromatic carbocycles. The van der Waals surface area contributed by atoms with Gasteiger partial charge in [0.05, 0.1) is 5.92 Å². The van der Waals surface area contributed by atoms with Crippen molar-refractivity contribution in [2.45, 2.75) is 50.7 Å². The first kappa shape index (κ1) is 16.8. The molecule has 0 heterocycles. The molecule has 3 atom stereocenters. The zero-order chi connectivity index (χ0) is 14.7. The summed E-state index contributed by atoms with van der Waals surface area (Å²) in [6, 6.07) is -0.561. The van der Waals surface area contributed by atoms with Gasteiger partial charge in [-0.15, -0.1) is 0 Å². The van der Waals surface area contributed by atoms with Crippen LogP contribution in [-0.2, 0) is 9.84 Å². The Morgan fingerprint density at radius 1 is 1.26 bits per heavy atom. The maximum atomic E-state index is 12.9. The smallest absolute Gasteiger partial charge is 0.327 e. The lowest BCUT2D eigenvalue weighted by Gasteiger charge is -2.36. The summed E-state index contributed by atoms with van der Waals surface area (Å²) in [4.78, 5) is 0. The van der Waals surface area contributed by atoms with E-state index < -0.39 is 33.9 Å². The molecule has 0 saturated heterocycles. The van der Waals surface area contributed by atoms with Gasteiger partial charge in [-0.25, -0.2) is 8.42 Å². The van der Waals surface area contributed by atoms with Crippen molar-refractivity contribution in [3.8, 4) is 0 Å². The van der Waals surface area contributed by atoms with Crippen LogP contribution in [-0.4, -0.2) is 32.6 Å². The van der Waals surface area contributed by atoms with Crippen molar-refractivity contribution in [3.63, 3.8) is 0 Å². The van der Waals surface area contributed by atoms with Crippen LogP contribution in [0.1, 0.15) is 38.5 Å². The van der Waals surface area contributed by atoms with Gasteiger partial charge < -0.3 is 5.73 Å². The predicted molar refractivity (Wildman–Crippen MR) is 68.4 cm³/mol. The average molecular weight is 301 g/mol. The Morgan fingerprint density at radius 2 is 1.84 bits per heavy atom. The van der Waals surface area contributed by atoms with Gasteiger partial charge in [-0.2, -0.15) is 13.2 Å². The van der Waals surface area contributed by atoms with E-state index in [0.29, 0.717) is 25.7 Å². The van der Waals surface area contributed by atoms with Crippen LogP contribution in [0.5, 0.6) is 0 Å². The molecule has 0 amide bonds. The Hall–Kier alpha value is -0.300. The molecule has 0 bridgehead atoms. The molecule has 3 nitrogen and oxygen atoms in total. The summed E-state index contributed by atoms with van der Waals surface area (Å²) in [5, 5.41) is 0. The van der Waals surface area contributed by atoms with Crippen LogP contribution in [0.4, 0.5) is 13.2 Å². The van der Waals surface area contributed by atoms with Crippen molar-refractivity contribution in [3.05, 3.63) is 0 Å². The van der Waals surface area contributed by atoms with E-state index in [4.69, 9.17) is 5.73 Å². The molecule has 0 aromatic heterocycles. The highest BCUT2D eigenvalue weighted by molar-refractivity contribution is 7.90. The predicted octanol–water partition coefficient (Wildman–Crippen LogP) is 2.51. The monoisotopic (exact) mass is 301 g/mol. The third-order valence-electron chi connectivity index (χ3n) is 3.84. The lowest BCUT2D eigenvalue weighted by molar-refractivity contribution is -0.198. The van der Waals surface area contributed by atoms with E-state index in [1.54, 1.807) is 0 Å². The third-order valence-corrected chi connectivity index (χ3v) is 4.87. The van der Waals surface area contributed by atoms with Gasteiger partial charge in [0, 0.05) is 18.1 Å². The van der Waals surface area contributed by atoms with Crippen molar-refractivity contribution in [1.29, 1.82) is 0 Å². The van der Waals surface area contributed by atoms with Crippen LogP contribution < -0.4 is 5.73 Å². The molecule has 114 valence electrons. The Morgan fingerprint density at radius 3 is 2.37 bits per heavy atom. The average Bonchev–Trinajstić information content (AvgIpc) is 2.26. The second-order valence-corrected chi connectivity index (χ2v) is 7.79. The zero-order valence-electron chi connectivity index (χ0n) is 11.1. The minimum absolute atomic E-state index is 0.00982. The van der Waals surface area contributed by atoms with E-state index in [2.05, 4.69) is 0 Å². The summed E-state index contributed by atoms with van der Waals surface area (Å²) in [5.74, 6) is -1.90. The summed E-state index contributed by atoms with van der Waals surface area (Å²) in [5.41, 5.74) is 5.87. The van der Waals surface area contributed by atoms with E-state index in [1.807, 2.05) is 0 Å². The normalized spacial score (nSPS) is 27.2. The Bertz CT molecular complexity index is 381. The highest BCUT2D eigenvalue weighted by Gasteiger charge is 2.46. The molecule has 1 aliphatic rings. The van der Waals surface area contributed by atoms with E-state index in [-0.39, 0.29) is 12.2 Å².